The number of carbonyl (C=O) groups is 5. The lowest BCUT2D eigenvalue weighted by Gasteiger charge is -2.30. The van der Waals surface area contributed by atoms with Crippen LogP contribution in [0, 0.1) is 11.8 Å². The molecule has 0 radical (unpaired) electrons. The highest BCUT2D eigenvalue weighted by molar-refractivity contribution is 8.00. The Morgan fingerprint density at radius 2 is 1.69 bits per heavy atom. The number of thioether (sulfide) groups is 1. The van der Waals surface area contributed by atoms with Gasteiger partial charge in [-0.25, -0.2) is 9.59 Å². The van der Waals surface area contributed by atoms with E-state index in [-0.39, 0.29) is 23.9 Å². The van der Waals surface area contributed by atoms with Crippen molar-refractivity contribution in [2.45, 2.75) is 62.3 Å². The molecule has 3 atom stereocenters. The maximum absolute atomic E-state index is 14.1. The molecule has 0 saturated carbocycles. The molecule has 1 aliphatic carbocycles. The second kappa shape index (κ2) is 15.3. The molecule has 1 aliphatic heterocycles. The number of esters is 1. The summed E-state index contributed by atoms with van der Waals surface area (Å²) in [7, 11) is 1.29. The number of carboxylic acids is 1. The van der Waals surface area contributed by atoms with Crippen molar-refractivity contribution >= 4 is 63.6 Å². The zero-order chi connectivity index (χ0) is 35.3. The van der Waals surface area contributed by atoms with E-state index in [9.17, 15) is 29.1 Å². The number of hydrogen-bond donors (Lipinski definition) is 3. The van der Waals surface area contributed by atoms with Crippen LogP contribution < -0.4 is 10.6 Å². The third-order valence-corrected chi connectivity index (χ3v) is 10.5. The van der Waals surface area contributed by atoms with Crippen molar-refractivity contribution in [3.63, 3.8) is 0 Å². The number of benzene rings is 2. The highest BCUT2D eigenvalue weighted by atomic mass is 32.2. The molecule has 3 amide bonds. The molecule has 1 aromatic heterocycles. The largest absolute Gasteiger partial charge is 0.481 e. The monoisotopic (exact) mass is 705 g/mol. The van der Waals surface area contributed by atoms with Crippen molar-refractivity contribution in [2.75, 3.05) is 24.3 Å². The number of thiophene rings is 1. The van der Waals surface area contributed by atoms with E-state index in [1.54, 1.807) is 49.9 Å². The molecule has 3 unspecified atom stereocenters. The summed E-state index contributed by atoms with van der Waals surface area (Å²) in [6.45, 7) is 5.98. The van der Waals surface area contributed by atoms with Crippen molar-refractivity contribution in [1.82, 2.24) is 4.90 Å². The Hall–Kier alpha value is -4.62. The number of nitrogens with one attached hydrogen (secondary N) is 2. The fraction of sp³-hybridized carbons (Fsp3) is 0.361. The molecule has 3 aromatic rings. The Bertz CT molecular complexity index is 1770. The third-order valence-electron chi connectivity index (χ3n) is 8.12. The molecule has 0 spiro atoms. The first-order valence-corrected chi connectivity index (χ1v) is 17.6. The van der Waals surface area contributed by atoms with Crippen LogP contribution in [0.4, 0.5) is 15.5 Å². The summed E-state index contributed by atoms with van der Waals surface area (Å²) in [5.74, 6) is -3.84. The number of rotatable bonds is 9. The van der Waals surface area contributed by atoms with Crippen LogP contribution in [-0.2, 0) is 36.8 Å². The molecule has 5 rings (SSSR count). The molecular weight excluding hydrogens is 667 g/mol. The number of ether oxygens (including phenoxy) is 2. The maximum Gasteiger partial charge on any atom is 0.410 e. The van der Waals surface area contributed by atoms with Gasteiger partial charge in [0.1, 0.15) is 15.9 Å². The van der Waals surface area contributed by atoms with E-state index in [0.717, 1.165) is 16.0 Å². The Morgan fingerprint density at radius 1 is 0.980 bits per heavy atom. The van der Waals surface area contributed by atoms with Crippen LogP contribution in [0.25, 0.3) is 0 Å². The van der Waals surface area contributed by atoms with Gasteiger partial charge in [0.05, 0.1) is 31.1 Å². The molecule has 11 nitrogen and oxygen atoms in total. The fourth-order valence-electron chi connectivity index (χ4n) is 5.77. The van der Waals surface area contributed by atoms with Crippen LogP contribution >= 0.6 is 23.1 Å². The molecule has 258 valence electrons. The highest BCUT2D eigenvalue weighted by Crippen LogP contribution is 2.41. The number of carbonyl (C=O) groups excluding carboxylic acids is 4. The van der Waals surface area contributed by atoms with Gasteiger partial charge in [0.25, 0.3) is 0 Å². The van der Waals surface area contributed by atoms with Crippen molar-refractivity contribution in [3.05, 3.63) is 88.3 Å². The number of methoxy groups -OCH3 is 1. The van der Waals surface area contributed by atoms with Gasteiger partial charge in [-0.3, -0.25) is 14.4 Å². The lowest BCUT2D eigenvalue weighted by atomic mass is 9.82. The van der Waals surface area contributed by atoms with E-state index in [0.29, 0.717) is 41.4 Å². The molecular formula is C36H39N3O8S2. The van der Waals surface area contributed by atoms with Gasteiger partial charge in [-0.1, -0.05) is 48.6 Å². The van der Waals surface area contributed by atoms with Gasteiger partial charge in [-0.2, -0.15) is 0 Å². The van der Waals surface area contributed by atoms with E-state index in [4.69, 9.17) is 9.47 Å². The van der Waals surface area contributed by atoms with E-state index in [1.807, 2.05) is 42.5 Å². The molecule has 2 aromatic carbocycles. The summed E-state index contributed by atoms with van der Waals surface area (Å²) in [6.07, 6.45) is 4.19. The molecule has 0 saturated heterocycles. The zero-order valence-electron chi connectivity index (χ0n) is 27.7. The normalized spacial score (nSPS) is 17.8. The van der Waals surface area contributed by atoms with Crippen LogP contribution in [0.2, 0.25) is 0 Å². The lowest BCUT2D eigenvalue weighted by molar-refractivity contribution is -0.146. The summed E-state index contributed by atoms with van der Waals surface area (Å²) in [4.78, 5) is 67.8. The number of allylic oxidation sites excluding steroid dienone is 2. The van der Waals surface area contributed by atoms with Crippen molar-refractivity contribution in [3.8, 4) is 0 Å². The molecule has 3 N–H and O–H groups in total. The Kier molecular flexibility index (Phi) is 11.1. The smallest absolute Gasteiger partial charge is 0.410 e. The predicted molar refractivity (Wildman–Crippen MR) is 188 cm³/mol. The summed E-state index contributed by atoms with van der Waals surface area (Å²) >= 11 is 2.50. The minimum absolute atomic E-state index is 0.231. The van der Waals surface area contributed by atoms with E-state index >= 15 is 0 Å². The minimum Gasteiger partial charge on any atom is -0.481 e. The van der Waals surface area contributed by atoms with Crippen LogP contribution in [0.3, 0.4) is 0 Å². The number of anilines is 2. The minimum atomic E-state index is -1.01. The van der Waals surface area contributed by atoms with Crippen molar-refractivity contribution in [1.29, 1.82) is 0 Å². The molecule has 0 bridgehead atoms. The van der Waals surface area contributed by atoms with Gasteiger partial charge in [0.15, 0.2) is 0 Å². The molecule has 2 aliphatic rings. The maximum atomic E-state index is 14.1. The standard InChI is InChI=1S/C36H39N3O8S2/c1-36(2,3)47-35(45)39-18-17-26-27(20-39)49-32(28(26)34(44)46-4)38-31(41)29(21-11-6-5-7-12-21)48-23-14-10-13-22(19-23)37-30(40)24-15-8-9-16-25(24)33(42)43/h5-14,19,24-25,29H,15-18,20H2,1-4H3,(H,37,40)(H,38,41)(H,42,43). The van der Waals surface area contributed by atoms with Crippen LogP contribution in [0.5, 0.6) is 0 Å². The van der Waals surface area contributed by atoms with Crippen molar-refractivity contribution < 1.29 is 38.6 Å². The van der Waals surface area contributed by atoms with Crippen LogP contribution in [0.1, 0.15) is 65.2 Å². The summed E-state index contributed by atoms with van der Waals surface area (Å²) in [5, 5.41) is 15.0. The molecule has 13 heteroatoms. The van der Waals surface area contributed by atoms with E-state index < -0.39 is 40.7 Å². The Balaban J connectivity index is 1.38. The number of nitrogens with zero attached hydrogens (tertiary/aromatic N) is 1. The summed E-state index contributed by atoms with van der Waals surface area (Å²) in [5.41, 5.74) is 1.55. The molecule has 49 heavy (non-hydrogen) atoms. The number of carboxylic acid groups (broad SMARTS) is 1. The van der Waals surface area contributed by atoms with Gasteiger partial charge >= 0.3 is 18.0 Å². The number of fused-ring (bicyclic) bond motifs is 1. The second-order valence-electron chi connectivity index (χ2n) is 12.8. The summed E-state index contributed by atoms with van der Waals surface area (Å²) < 4.78 is 10.7. The molecule has 2 heterocycles. The van der Waals surface area contributed by atoms with Gasteiger partial charge in [-0.05, 0) is 69.4 Å². The first kappa shape index (κ1) is 35.7. The average Bonchev–Trinajstić information content (AvgIpc) is 3.43. The first-order valence-electron chi connectivity index (χ1n) is 15.9. The van der Waals surface area contributed by atoms with Crippen molar-refractivity contribution in [2.24, 2.45) is 11.8 Å². The lowest BCUT2D eigenvalue weighted by Crippen LogP contribution is -2.39. The van der Waals surface area contributed by atoms with Gasteiger partial charge in [0.2, 0.25) is 11.8 Å². The average molecular weight is 706 g/mol. The van der Waals surface area contributed by atoms with Gasteiger partial charge in [-0.15, -0.1) is 23.1 Å². The Labute approximate surface area is 293 Å². The quantitative estimate of drug-likeness (QED) is 0.123. The fourth-order valence-corrected chi connectivity index (χ4v) is 8.10. The predicted octanol–water partition coefficient (Wildman–Crippen LogP) is 6.91. The topological polar surface area (TPSA) is 151 Å². The van der Waals surface area contributed by atoms with E-state index in [2.05, 4.69) is 10.6 Å². The third kappa shape index (κ3) is 8.70. The summed E-state index contributed by atoms with van der Waals surface area (Å²) in [6, 6.07) is 16.2. The SMILES string of the molecule is COC(=O)c1c(NC(=O)C(Sc2cccc(NC(=O)C3CC=CCC3C(=O)O)c2)c2ccccc2)sc2c1CCN(C(=O)OC(C)(C)C)C2. The number of amides is 3. The van der Waals surface area contributed by atoms with E-state index in [1.165, 1.54) is 30.2 Å². The molecule has 0 fully saturated rings. The number of hydrogen-bond acceptors (Lipinski definition) is 9. The van der Waals surface area contributed by atoms with Gasteiger partial charge < -0.3 is 30.1 Å². The zero-order valence-corrected chi connectivity index (χ0v) is 29.3. The number of aliphatic carboxylic acids is 1. The Morgan fingerprint density at radius 3 is 2.37 bits per heavy atom. The van der Waals surface area contributed by atoms with Crippen LogP contribution in [0.15, 0.2) is 71.6 Å². The first-order chi connectivity index (χ1) is 23.3. The van der Waals surface area contributed by atoms with Crippen LogP contribution in [-0.4, -0.2) is 59.1 Å². The van der Waals surface area contributed by atoms with Gasteiger partial charge in [0, 0.05) is 22.0 Å². The second-order valence-corrected chi connectivity index (χ2v) is 15.0. The highest BCUT2D eigenvalue weighted by Gasteiger charge is 2.35.